The lowest BCUT2D eigenvalue weighted by molar-refractivity contribution is 0.0951. The van der Waals surface area contributed by atoms with Gasteiger partial charge in [0, 0.05) is 54.4 Å². The molecule has 2 heterocycles. The van der Waals surface area contributed by atoms with Crippen LogP contribution in [0.3, 0.4) is 0 Å². The number of hydrogen-bond donors (Lipinski definition) is 3. The van der Waals surface area contributed by atoms with E-state index in [0.29, 0.717) is 24.2 Å². The minimum Gasteiger partial charge on any atom is -0.395 e. The number of hydrogen-bond acceptors (Lipinski definition) is 4. The van der Waals surface area contributed by atoms with E-state index in [-0.39, 0.29) is 30.2 Å². The van der Waals surface area contributed by atoms with Crippen LogP contribution in [0.4, 0.5) is 0 Å². The van der Waals surface area contributed by atoms with Crippen LogP contribution in [0, 0.1) is 0 Å². The van der Waals surface area contributed by atoms with Gasteiger partial charge in [0.25, 0.3) is 11.8 Å². The molecule has 0 saturated heterocycles. The van der Waals surface area contributed by atoms with Crippen molar-refractivity contribution in [3.05, 3.63) is 65.1 Å². The van der Waals surface area contributed by atoms with Gasteiger partial charge in [-0.1, -0.05) is 12.1 Å². The molecule has 4 rings (SSSR count). The largest absolute Gasteiger partial charge is 0.395 e. The van der Waals surface area contributed by atoms with E-state index in [1.807, 2.05) is 35.0 Å². The number of carbonyl (C=O) groups is 2. The summed E-state index contributed by atoms with van der Waals surface area (Å²) in [6, 6.07) is 11.5. The molecule has 1 saturated carbocycles. The number of fused-ring (bicyclic) bond motifs is 1. The summed E-state index contributed by atoms with van der Waals surface area (Å²) >= 11 is 0. The van der Waals surface area contributed by atoms with Gasteiger partial charge in [-0.05, 0) is 42.7 Å². The molecule has 29 heavy (non-hydrogen) atoms. The van der Waals surface area contributed by atoms with E-state index in [0.717, 1.165) is 29.3 Å². The summed E-state index contributed by atoms with van der Waals surface area (Å²) in [7, 11) is 1.55. The summed E-state index contributed by atoms with van der Waals surface area (Å²) in [6.07, 6.45) is 4.44. The third kappa shape index (κ3) is 4.14. The highest BCUT2D eigenvalue weighted by atomic mass is 16.3. The average molecular weight is 392 g/mol. The topological polar surface area (TPSA) is 96.2 Å². The van der Waals surface area contributed by atoms with Crippen LogP contribution in [0.2, 0.25) is 0 Å². The number of carbonyl (C=O) groups excluding carboxylic acids is 2. The molecule has 7 nitrogen and oxygen atoms in total. The van der Waals surface area contributed by atoms with E-state index in [1.165, 1.54) is 0 Å². The lowest BCUT2D eigenvalue weighted by Gasteiger charge is -2.10. The maximum atomic E-state index is 12.6. The molecular formula is C22H24N4O3. The monoisotopic (exact) mass is 392 g/mol. The zero-order valence-corrected chi connectivity index (χ0v) is 16.3. The van der Waals surface area contributed by atoms with Gasteiger partial charge in [0.2, 0.25) is 0 Å². The standard InChI is InChI=1S/C22H24N4O3/c1-23-22(29)19-13-15(21(28)25-16-5-6-16)12-17(24-19)11-14-3-2-4-20-18(14)7-8-26(20)9-10-27/h2-4,7-8,12-13,16,27H,5-6,9-11H2,1H3,(H,23,29)(H,25,28). The molecule has 0 atom stereocenters. The lowest BCUT2D eigenvalue weighted by Crippen LogP contribution is -2.27. The van der Waals surface area contributed by atoms with Crippen molar-refractivity contribution in [2.24, 2.45) is 0 Å². The fourth-order valence-corrected chi connectivity index (χ4v) is 3.49. The Morgan fingerprint density at radius 3 is 2.76 bits per heavy atom. The fraction of sp³-hybridized carbons (Fsp3) is 0.318. The Morgan fingerprint density at radius 2 is 2.03 bits per heavy atom. The summed E-state index contributed by atoms with van der Waals surface area (Å²) in [5.74, 6) is -0.492. The van der Waals surface area contributed by atoms with Gasteiger partial charge < -0.3 is 20.3 Å². The molecule has 2 aromatic heterocycles. The molecule has 1 aliphatic carbocycles. The normalized spacial score (nSPS) is 13.4. The number of rotatable bonds is 7. The first kappa shape index (κ1) is 19.1. The van der Waals surface area contributed by atoms with Gasteiger partial charge in [0.1, 0.15) is 5.69 Å². The second-order valence-electron chi connectivity index (χ2n) is 7.32. The van der Waals surface area contributed by atoms with Crippen molar-refractivity contribution in [2.75, 3.05) is 13.7 Å². The van der Waals surface area contributed by atoms with Crippen LogP contribution in [-0.4, -0.2) is 46.2 Å². The molecule has 0 radical (unpaired) electrons. The Balaban J connectivity index is 1.69. The van der Waals surface area contributed by atoms with Crippen molar-refractivity contribution in [3.63, 3.8) is 0 Å². The maximum absolute atomic E-state index is 12.6. The number of benzene rings is 1. The summed E-state index contributed by atoms with van der Waals surface area (Å²) in [5.41, 5.74) is 3.43. The zero-order valence-electron chi connectivity index (χ0n) is 16.3. The molecule has 0 spiro atoms. The van der Waals surface area contributed by atoms with Crippen LogP contribution in [0.5, 0.6) is 0 Å². The molecular weight excluding hydrogens is 368 g/mol. The molecule has 1 aliphatic rings. The van der Waals surface area contributed by atoms with Gasteiger partial charge in [-0.25, -0.2) is 4.98 Å². The number of amides is 2. The third-order valence-electron chi connectivity index (χ3n) is 5.13. The van der Waals surface area contributed by atoms with Gasteiger partial charge in [0.05, 0.1) is 6.61 Å². The van der Waals surface area contributed by atoms with Crippen LogP contribution in [-0.2, 0) is 13.0 Å². The van der Waals surface area contributed by atoms with E-state index in [4.69, 9.17) is 0 Å². The van der Waals surface area contributed by atoms with Crippen LogP contribution < -0.4 is 10.6 Å². The third-order valence-corrected chi connectivity index (χ3v) is 5.13. The van der Waals surface area contributed by atoms with E-state index in [9.17, 15) is 14.7 Å². The summed E-state index contributed by atoms with van der Waals surface area (Å²) < 4.78 is 2.00. The summed E-state index contributed by atoms with van der Waals surface area (Å²) in [6.45, 7) is 0.603. The molecule has 3 aromatic rings. The van der Waals surface area contributed by atoms with E-state index in [1.54, 1.807) is 19.2 Å². The molecule has 0 aliphatic heterocycles. The minimum atomic E-state index is -0.320. The Kier molecular flexibility index (Phi) is 5.31. The van der Waals surface area contributed by atoms with Gasteiger partial charge >= 0.3 is 0 Å². The summed E-state index contributed by atoms with van der Waals surface area (Å²) in [5, 5.41) is 15.9. The molecule has 7 heteroatoms. The molecule has 0 unspecified atom stereocenters. The molecule has 150 valence electrons. The van der Waals surface area contributed by atoms with Crippen molar-refractivity contribution < 1.29 is 14.7 Å². The second kappa shape index (κ2) is 8.05. The van der Waals surface area contributed by atoms with Gasteiger partial charge in [-0.15, -0.1) is 0 Å². The highest BCUT2D eigenvalue weighted by molar-refractivity contribution is 5.99. The van der Waals surface area contributed by atoms with Crippen molar-refractivity contribution in [2.45, 2.75) is 31.8 Å². The predicted molar refractivity (Wildman–Crippen MR) is 110 cm³/mol. The molecule has 2 amide bonds. The second-order valence-corrected chi connectivity index (χ2v) is 7.32. The number of aromatic nitrogens is 2. The number of aliphatic hydroxyl groups excluding tert-OH is 1. The molecule has 1 fully saturated rings. The van der Waals surface area contributed by atoms with E-state index >= 15 is 0 Å². The van der Waals surface area contributed by atoms with E-state index in [2.05, 4.69) is 15.6 Å². The van der Waals surface area contributed by atoms with Gasteiger partial charge in [-0.3, -0.25) is 9.59 Å². The predicted octanol–water partition coefficient (Wildman–Crippen LogP) is 1.87. The van der Waals surface area contributed by atoms with Crippen LogP contribution in [0.1, 0.15) is 44.9 Å². The first-order valence-corrected chi connectivity index (χ1v) is 9.80. The first-order valence-electron chi connectivity index (χ1n) is 9.80. The van der Waals surface area contributed by atoms with E-state index < -0.39 is 0 Å². The molecule has 3 N–H and O–H groups in total. The molecule has 0 bridgehead atoms. The molecule has 1 aromatic carbocycles. The highest BCUT2D eigenvalue weighted by Crippen LogP contribution is 2.24. The SMILES string of the molecule is CNC(=O)c1cc(C(=O)NC2CC2)cc(Cc2cccc3c2ccn3CCO)n1. The maximum Gasteiger partial charge on any atom is 0.269 e. The van der Waals surface area contributed by atoms with Crippen molar-refractivity contribution in [3.8, 4) is 0 Å². The van der Waals surface area contributed by atoms with Gasteiger partial charge in [0.15, 0.2) is 0 Å². The number of nitrogens with one attached hydrogen (secondary N) is 2. The summed E-state index contributed by atoms with van der Waals surface area (Å²) in [4.78, 5) is 29.2. The minimum absolute atomic E-state index is 0.0726. The first-order chi connectivity index (χ1) is 14.1. The Morgan fingerprint density at radius 1 is 1.21 bits per heavy atom. The smallest absolute Gasteiger partial charge is 0.269 e. The highest BCUT2D eigenvalue weighted by Gasteiger charge is 2.24. The zero-order chi connectivity index (χ0) is 20.4. The van der Waals surface area contributed by atoms with Crippen molar-refractivity contribution in [1.29, 1.82) is 0 Å². The number of pyridine rings is 1. The Labute approximate surface area is 168 Å². The van der Waals surface area contributed by atoms with Crippen LogP contribution in [0.25, 0.3) is 10.9 Å². The number of nitrogens with zero attached hydrogens (tertiary/aromatic N) is 2. The quantitative estimate of drug-likeness (QED) is 0.572. The van der Waals surface area contributed by atoms with Crippen molar-refractivity contribution in [1.82, 2.24) is 20.2 Å². The Hall–Kier alpha value is -3.19. The van der Waals surface area contributed by atoms with Crippen LogP contribution in [0.15, 0.2) is 42.6 Å². The van der Waals surface area contributed by atoms with Gasteiger partial charge in [-0.2, -0.15) is 0 Å². The fourth-order valence-electron chi connectivity index (χ4n) is 3.49. The lowest BCUT2D eigenvalue weighted by atomic mass is 10.0. The average Bonchev–Trinajstić information content (AvgIpc) is 3.45. The van der Waals surface area contributed by atoms with Crippen molar-refractivity contribution >= 4 is 22.7 Å². The number of aliphatic hydroxyl groups is 1. The van der Waals surface area contributed by atoms with Crippen LogP contribution >= 0.6 is 0 Å². The Bertz CT molecular complexity index is 1070.